The van der Waals surface area contributed by atoms with E-state index in [-0.39, 0.29) is 58.0 Å². The van der Waals surface area contributed by atoms with Crippen LogP contribution in [0.3, 0.4) is 0 Å². The first-order valence-electron chi connectivity index (χ1n) is 20.1. The third-order valence-corrected chi connectivity index (χ3v) is 8.53. The first-order valence-corrected chi connectivity index (χ1v) is 21.2. The maximum Gasteiger partial charge on any atom is 1.00 e. The predicted molar refractivity (Wildman–Crippen MR) is 252 cm³/mol. The SMILES string of the molecule is C#CCBr.C#CCOCCOCCOCCN=C(c1ccccc1)c1ccccc1.C1=Cc2ccccc2CC1.C1CO1.OCCN=C(c1ccccc1)c1ccccc1.[K+]. The Morgan fingerprint density at radius 2 is 1.00 bits per heavy atom. The molecule has 9 heteroatoms. The third kappa shape index (κ3) is 25.1. The predicted octanol–water partition coefficient (Wildman–Crippen LogP) is 6.40. The monoisotopic (exact) mass is 907 g/mol. The molecule has 2 aliphatic rings. The summed E-state index contributed by atoms with van der Waals surface area (Å²) in [5.74, 6) is 4.76. The number of hydrogen-bond acceptors (Lipinski definition) is 7. The van der Waals surface area contributed by atoms with Gasteiger partial charge < -0.3 is 24.1 Å². The van der Waals surface area contributed by atoms with Crippen LogP contribution >= 0.6 is 15.9 Å². The van der Waals surface area contributed by atoms with Gasteiger partial charge in [-0.2, -0.15) is 0 Å². The molecule has 0 bridgehead atoms. The summed E-state index contributed by atoms with van der Waals surface area (Å²) in [6.45, 7) is 6.08. The van der Waals surface area contributed by atoms with E-state index in [4.69, 9.17) is 37.2 Å². The molecule has 312 valence electrons. The Kier molecular flexibility index (Phi) is 32.2. The van der Waals surface area contributed by atoms with Gasteiger partial charge in [-0.3, -0.25) is 9.98 Å². The summed E-state index contributed by atoms with van der Waals surface area (Å²) in [7, 11) is 0. The van der Waals surface area contributed by atoms with Crippen molar-refractivity contribution in [1.29, 1.82) is 0 Å². The molecule has 1 N–H and O–H groups in total. The fraction of sp³-hybridized carbons (Fsp3) is 0.269. The number of aliphatic hydroxyl groups excluding tert-OH is 1. The van der Waals surface area contributed by atoms with E-state index in [1.165, 1.54) is 24.0 Å². The third-order valence-electron chi connectivity index (χ3n) is 8.21. The molecular weight excluding hydrogens is 852 g/mol. The molecule has 0 aromatic heterocycles. The Morgan fingerprint density at radius 3 is 1.41 bits per heavy atom. The number of fused-ring (bicyclic) bond motifs is 1. The van der Waals surface area contributed by atoms with Gasteiger partial charge in [0, 0.05) is 22.3 Å². The second-order valence-electron chi connectivity index (χ2n) is 12.7. The number of allylic oxidation sites excluding steroid dienone is 1. The van der Waals surface area contributed by atoms with Gasteiger partial charge in [0.15, 0.2) is 0 Å². The van der Waals surface area contributed by atoms with Gasteiger partial charge in [-0.25, -0.2) is 0 Å². The number of halogens is 1. The van der Waals surface area contributed by atoms with Crippen molar-refractivity contribution in [3.8, 4) is 24.7 Å². The zero-order valence-electron chi connectivity index (χ0n) is 35.4. The Balaban J connectivity index is 0.000000310. The van der Waals surface area contributed by atoms with Crippen LogP contribution in [0.5, 0.6) is 0 Å². The van der Waals surface area contributed by atoms with Crippen LogP contribution in [0.15, 0.2) is 162 Å². The van der Waals surface area contributed by atoms with Gasteiger partial charge in [0.05, 0.1) is 82.7 Å². The minimum Gasteiger partial charge on any atom is -0.394 e. The fourth-order valence-corrected chi connectivity index (χ4v) is 5.41. The minimum absolute atomic E-state index is 0. The summed E-state index contributed by atoms with van der Waals surface area (Å²) in [4.78, 5) is 9.19. The van der Waals surface area contributed by atoms with Crippen LogP contribution in [0, 0.1) is 24.7 Å². The Labute approximate surface area is 415 Å². The molecule has 0 radical (unpaired) electrons. The second-order valence-corrected chi connectivity index (χ2v) is 13.3. The summed E-state index contributed by atoms with van der Waals surface area (Å²) >= 11 is 3.01. The number of aliphatic imine (C=N–C) groups is 2. The molecule has 1 heterocycles. The molecule has 0 unspecified atom stereocenters. The van der Waals surface area contributed by atoms with Gasteiger partial charge in [-0.1, -0.05) is 186 Å². The number of nitrogens with zero attached hydrogens (tertiary/aromatic N) is 2. The van der Waals surface area contributed by atoms with E-state index in [9.17, 15) is 0 Å². The maximum atomic E-state index is 8.90. The molecule has 1 fully saturated rings. The van der Waals surface area contributed by atoms with Crippen LogP contribution in [0.25, 0.3) is 6.08 Å². The molecule has 7 nitrogen and oxygen atoms in total. The van der Waals surface area contributed by atoms with Crippen LogP contribution in [0.1, 0.15) is 39.8 Å². The summed E-state index contributed by atoms with van der Waals surface area (Å²) in [5, 5.41) is 9.56. The number of rotatable bonds is 16. The van der Waals surface area contributed by atoms with Crippen molar-refractivity contribution in [2.24, 2.45) is 9.98 Å². The largest absolute Gasteiger partial charge is 1.00 e. The van der Waals surface area contributed by atoms with E-state index in [0.29, 0.717) is 58.1 Å². The molecule has 1 aliphatic carbocycles. The van der Waals surface area contributed by atoms with Gasteiger partial charge in [-0.15, -0.1) is 12.8 Å². The fourth-order valence-electron chi connectivity index (χ4n) is 5.41. The molecule has 0 saturated carbocycles. The zero-order chi connectivity index (χ0) is 42.6. The summed E-state index contributed by atoms with van der Waals surface area (Å²) in [6.07, 6.45) is 16.7. The average Bonchev–Trinajstić information content (AvgIpc) is 4.22. The topological polar surface area (TPSA) is 85.2 Å². The van der Waals surface area contributed by atoms with Crippen LogP contribution in [-0.4, -0.2) is 94.4 Å². The summed E-state index contributed by atoms with van der Waals surface area (Å²) in [5.41, 5.74) is 9.16. The van der Waals surface area contributed by atoms with Crippen LogP contribution < -0.4 is 51.4 Å². The number of ether oxygens (including phenoxy) is 4. The number of epoxide rings is 1. The van der Waals surface area contributed by atoms with E-state index in [0.717, 1.165) is 46.9 Å². The molecule has 7 rings (SSSR count). The van der Waals surface area contributed by atoms with Crippen molar-refractivity contribution in [2.45, 2.75) is 12.8 Å². The minimum atomic E-state index is 0. The molecule has 0 amide bonds. The van der Waals surface area contributed by atoms with E-state index in [1.807, 2.05) is 97.1 Å². The number of aryl methyl sites for hydroxylation is 1. The second kappa shape index (κ2) is 36.8. The van der Waals surface area contributed by atoms with Crippen molar-refractivity contribution in [3.05, 3.63) is 185 Å². The van der Waals surface area contributed by atoms with Crippen molar-refractivity contribution >= 4 is 33.4 Å². The Bertz CT molecular complexity index is 1930. The average molecular weight is 909 g/mol. The number of hydrogen-bond donors (Lipinski definition) is 1. The molecule has 1 aliphatic heterocycles. The first kappa shape index (κ1) is 53.4. The quantitative estimate of drug-likeness (QED) is 0.0310. The number of alkyl halides is 1. The summed E-state index contributed by atoms with van der Waals surface area (Å²) < 4.78 is 20.6. The van der Waals surface area contributed by atoms with Gasteiger partial charge in [0.25, 0.3) is 0 Å². The first-order chi connectivity index (χ1) is 29.7. The van der Waals surface area contributed by atoms with Gasteiger partial charge in [0.1, 0.15) is 6.61 Å². The molecular formula is C52H57BrKN2O5+. The van der Waals surface area contributed by atoms with Crippen molar-refractivity contribution in [2.75, 3.05) is 77.9 Å². The molecule has 5 aromatic rings. The Morgan fingerprint density at radius 1 is 0.590 bits per heavy atom. The van der Waals surface area contributed by atoms with E-state index in [1.54, 1.807) is 0 Å². The standard InChI is InChI=1S/C22H25NO3.C15H15NO.C10H10.C3H3Br.C2H4O.K/c1-2-14-24-16-18-26-19-17-25-15-13-23-22(20-9-5-3-6-10-20)21-11-7-4-8-12-21;17-12-11-16-15(13-7-3-1-4-8-13)14-9-5-2-6-10-14;1-2-6-10-8-4-3-7-9(10)5-1;1-2-3-4;1-2-3-1;/h1,3-12H,13-19H2;1-10,17H,11-12H2;1-3,5-7H,4,8H2;1H,3H2;1-2H2;/q;;;;;+1. The molecule has 5 aromatic carbocycles. The molecule has 61 heavy (non-hydrogen) atoms. The van der Waals surface area contributed by atoms with Crippen LogP contribution in [0.4, 0.5) is 0 Å². The smallest absolute Gasteiger partial charge is 0.394 e. The van der Waals surface area contributed by atoms with E-state index >= 15 is 0 Å². The molecule has 0 spiro atoms. The number of aliphatic hydroxyl groups is 1. The van der Waals surface area contributed by atoms with Crippen LogP contribution in [-0.2, 0) is 25.4 Å². The Hall–Kier alpha value is -3.78. The number of benzene rings is 5. The van der Waals surface area contributed by atoms with Gasteiger partial charge in [0.2, 0.25) is 0 Å². The normalized spacial score (nSPS) is 11.1. The molecule has 1 saturated heterocycles. The molecule has 0 atom stereocenters. The van der Waals surface area contributed by atoms with Gasteiger partial charge in [-0.05, 0) is 24.0 Å². The van der Waals surface area contributed by atoms with E-state index in [2.05, 4.69) is 98.2 Å². The van der Waals surface area contributed by atoms with Crippen molar-refractivity contribution in [1.82, 2.24) is 0 Å². The maximum absolute atomic E-state index is 8.90. The summed E-state index contributed by atoms with van der Waals surface area (Å²) in [6, 6.07) is 49.0. The van der Waals surface area contributed by atoms with Gasteiger partial charge >= 0.3 is 51.4 Å². The van der Waals surface area contributed by atoms with Crippen LogP contribution in [0.2, 0.25) is 0 Å². The van der Waals surface area contributed by atoms with Crippen molar-refractivity contribution in [3.63, 3.8) is 0 Å². The zero-order valence-corrected chi connectivity index (χ0v) is 40.1. The van der Waals surface area contributed by atoms with Crippen molar-refractivity contribution < 1.29 is 75.4 Å². The number of terminal acetylenes is 2. The van der Waals surface area contributed by atoms with E-state index < -0.39 is 0 Å².